The Hall–Kier alpha value is -0.940. The van der Waals surface area contributed by atoms with Crippen LogP contribution in [0.4, 0.5) is 4.39 Å². The van der Waals surface area contributed by atoms with Gasteiger partial charge in [-0.15, -0.1) is 0 Å². The van der Waals surface area contributed by atoms with E-state index in [0.717, 1.165) is 5.56 Å². The molecule has 0 radical (unpaired) electrons. The Balaban J connectivity index is 2.83. The van der Waals surface area contributed by atoms with E-state index in [0.29, 0.717) is 17.4 Å². The molecule has 5 heteroatoms. The molecule has 0 saturated carbocycles. The molecule has 0 bridgehead atoms. The summed E-state index contributed by atoms with van der Waals surface area (Å²) in [5.74, 6) is -1.19. The third-order valence-electron chi connectivity index (χ3n) is 2.66. The molecule has 3 nitrogen and oxygen atoms in total. The van der Waals surface area contributed by atoms with Gasteiger partial charge in [0, 0.05) is 6.54 Å². The molecule has 1 atom stereocenters. The van der Waals surface area contributed by atoms with Crippen LogP contribution in [0.1, 0.15) is 18.9 Å². The van der Waals surface area contributed by atoms with Gasteiger partial charge in [-0.1, -0.05) is 19.1 Å². The van der Waals surface area contributed by atoms with E-state index in [9.17, 15) is 9.18 Å². The average Bonchev–Trinajstić information content (AvgIpc) is 2.25. The van der Waals surface area contributed by atoms with Gasteiger partial charge in [0.05, 0.1) is 4.47 Å². The Bertz CT molecular complexity index is 411. The third-order valence-corrected chi connectivity index (χ3v) is 3.54. The Labute approximate surface area is 108 Å². The van der Waals surface area contributed by atoms with Crippen molar-refractivity contribution in [3.05, 3.63) is 34.1 Å². The molecule has 0 aliphatic carbocycles. The Morgan fingerprint density at radius 1 is 1.59 bits per heavy atom. The summed E-state index contributed by atoms with van der Waals surface area (Å²) < 4.78 is 13.7. The zero-order valence-electron chi connectivity index (χ0n) is 9.78. The second kappa shape index (κ2) is 6.12. The second-order valence-electron chi connectivity index (χ2n) is 3.89. The van der Waals surface area contributed by atoms with Crippen molar-refractivity contribution in [1.82, 2.24) is 4.90 Å². The fourth-order valence-corrected chi connectivity index (χ4v) is 2.11. The third kappa shape index (κ3) is 3.51. The molecule has 0 saturated heterocycles. The monoisotopic (exact) mass is 303 g/mol. The smallest absolute Gasteiger partial charge is 0.320 e. The first kappa shape index (κ1) is 14.1. The molecule has 0 aliphatic rings. The van der Waals surface area contributed by atoms with Crippen molar-refractivity contribution in [3.8, 4) is 0 Å². The van der Waals surface area contributed by atoms with Crippen molar-refractivity contribution in [2.45, 2.75) is 25.9 Å². The number of nitrogens with zero attached hydrogens (tertiary/aromatic N) is 1. The van der Waals surface area contributed by atoms with Crippen LogP contribution in [0, 0.1) is 5.82 Å². The molecule has 0 amide bonds. The summed E-state index contributed by atoms with van der Waals surface area (Å²) in [6.45, 7) is 2.21. The van der Waals surface area contributed by atoms with Gasteiger partial charge in [0.25, 0.3) is 0 Å². The maximum Gasteiger partial charge on any atom is 0.320 e. The number of benzene rings is 1. The maximum absolute atomic E-state index is 13.3. The van der Waals surface area contributed by atoms with E-state index < -0.39 is 12.0 Å². The second-order valence-corrected chi connectivity index (χ2v) is 4.68. The lowest BCUT2D eigenvalue weighted by atomic mass is 10.1. The number of halogens is 2. The largest absolute Gasteiger partial charge is 0.480 e. The predicted molar refractivity (Wildman–Crippen MR) is 67.3 cm³/mol. The standard InChI is InChI=1S/C12H15BrFNO2/c1-3-10(12(16)17)15(2)7-8-5-4-6-9(14)11(8)13/h4-6,10H,3,7H2,1-2H3,(H,16,17). The Morgan fingerprint density at radius 3 is 2.76 bits per heavy atom. The number of carbonyl (C=O) groups is 1. The van der Waals surface area contributed by atoms with E-state index in [1.54, 1.807) is 24.1 Å². The van der Waals surface area contributed by atoms with E-state index in [1.165, 1.54) is 6.07 Å². The average molecular weight is 304 g/mol. The van der Waals surface area contributed by atoms with Crippen molar-refractivity contribution in [2.75, 3.05) is 7.05 Å². The summed E-state index contributed by atoms with van der Waals surface area (Å²) >= 11 is 3.17. The van der Waals surface area contributed by atoms with Crippen molar-refractivity contribution >= 4 is 21.9 Å². The summed E-state index contributed by atoms with van der Waals surface area (Å²) in [6.07, 6.45) is 0.513. The topological polar surface area (TPSA) is 40.5 Å². The molecule has 1 rings (SSSR count). The van der Waals surface area contributed by atoms with E-state index in [2.05, 4.69) is 15.9 Å². The van der Waals surface area contributed by atoms with Crippen LogP contribution in [0.2, 0.25) is 0 Å². The van der Waals surface area contributed by atoms with Gasteiger partial charge in [0.15, 0.2) is 0 Å². The number of hydrogen-bond donors (Lipinski definition) is 1. The first-order valence-electron chi connectivity index (χ1n) is 5.33. The lowest BCUT2D eigenvalue weighted by molar-refractivity contribution is -0.143. The van der Waals surface area contributed by atoms with Gasteiger partial charge < -0.3 is 5.11 Å². The van der Waals surface area contributed by atoms with Gasteiger partial charge in [-0.2, -0.15) is 0 Å². The van der Waals surface area contributed by atoms with Crippen molar-refractivity contribution in [2.24, 2.45) is 0 Å². The highest BCUT2D eigenvalue weighted by Crippen LogP contribution is 2.22. The van der Waals surface area contributed by atoms with Crippen LogP contribution >= 0.6 is 15.9 Å². The zero-order chi connectivity index (χ0) is 13.0. The number of carboxylic acids is 1. The number of carboxylic acid groups (broad SMARTS) is 1. The van der Waals surface area contributed by atoms with Gasteiger partial charge in [0.1, 0.15) is 11.9 Å². The van der Waals surface area contributed by atoms with Gasteiger partial charge in [-0.3, -0.25) is 9.69 Å². The molecule has 0 aliphatic heterocycles. The Kier molecular flexibility index (Phi) is 5.08. The van der Waals surface area contributed by atoms with Crippen LogP contribution in [0.15, 0.2) is 22.7 Å². The minimum atomic E-state index is -0.859. The lowest BCUT2D eigenvalue weighted by Crippen LogP contribution is -2.37. The molecule has 94 valence electrons. The molecular weight excluding hydrogens is 289 g/mol. The van der Waals surface area contributed by atoms with Crippen LogP contribution in [-0.2, 0) is 11.3 Å². The molecule has 0 heterocycles. The molecule has 1 unspecified atom stereocenters. The highest BCUT2D eigenvalue weighted by atomic mass is 79.9. The predicted octanol–water partition coefficient (Wildman–Crippen LogP) is 2.88. The van der Waals surface area contributed by atoms with Gasteiger partial charge >= 0.3 is 5.97 Å². The highest BCUT2D eigenvalue weighted by Gasteiger charge is 2.21. The fourth-order valence-electron chi connectivity index (χ4n) is 1.72. The highest BCUT2D eigenvalue weighted by molar-refractivity contribution is 9.10. The minimum absolute atomic E-state index is 0.334. The molecular formula is C12H15BrFNO2. The quantitative estimate of drug-likeness (QED) is 0.909. The van der Waals surface area contributed by atoms with Crippen LogP contribution < -0.4 is 0 Å². The first-order valence-corrected chi connectivity index (χ1v) is 6.12. The van der Waals surface area contributed by atoms with Crippen molar-refractivity contribution in [1.29, 1.82) is 0 Å². The van der Waals surface area contributed by atoms with E-state index >= 15 is 0 Å². The molecule has 17 heavy (non-hydrogen) atoms. The van der Waals surface area contributed by atoms with Gasteiger partial charge in [-0.05, 0) is 41.0 Å². The van der Waals surface area contributed by atoms with Crippen LogP contribution in [-0.4, -0.2) is 29.1 Å². The summed E-state index contributed by atoms with van der Waals surface area (Å²) in [5.41, 5.74) is 0.743. The van der Waals surface area contributed by atoms with E-state index in [4.69, 9.17) is 5.11 Å². The maximum atomic E-state index is 13.3. The number of likely N-dealkylation sites (N-methyl/N-ethyl adjacent to an activating group) is 1. The summed E-state index contributed by atoms with van der Waals surface area (Å²) in [7, 11) is 1.72. The fraction of sp³-hybridized carbons (Fsp3) is 0.417. The summed E-state index contributed by atoms with van der Waals surface area (Å²) in [4.78, 5) is 12.7. The van der Waals surface area contributed by atoms with Crippen molar-refractivity contribution < 1.29 is 14.3 Å². The van der Waals surface area contributed by atoms with Crippen LogP contribution in [0.3, 0.4) is 0 Å². The normalized spacial score (nSPS) is 12.8. The van der Waals surface area contributed by atoms with Crippen LogP contribution in [0.5, 0.6) is 0 Å². The summed E-state index contributed by atoms with van der Waals surface area (Å²) in [6, 6.07) is 4.20. The molecule has 0 fully saturated rings. The van der Waals surface area contributed by atoms with E-state index in [1.807, 2.05) is 6.92 Å². The molecule has 1 aromatic carbocycles. The number of aliphatic carboxylic acids is 1. The molecule has 1 N–H and O–H groups in total. The molecule has 1 aromatic rings. The van der Waals surface area contributed by atoms with Crippen LogP contribution in [0.25, 0.3) is 0 Å². The Morgan fingerprint density at radius 2 is 2.24 bits per heavy atom. The zero-order valence-corrected chi connectivity index (χ0v) is 11.4. The minimum Gasteiger partial charge on any atom is -0.480 e. The molecule has 0 aromatic heterocycles. The number of rotatable bonds is 5. The van der Waals surface area contributed by atoms with Gasteiger partial charge in [-0.25, -0.2) is 4.39 Å². The SMILES string of the molecule is CCC(C(=O)O)N(C)Cc1cccc(F)c1Br. The first-order chi connectivity index (χ1) is 7.97. The lowest BCUT2D eigenvalue weighted by Gasteiger charge is -2.23. The number of hydrogen-bond acceptors (Lipinski definition) is 2. The molecule has 0 spiro atoms. The van der Waals surface area contributed by atoms with Crippen molar-refractivity contribution in [3.63, 3.8) is 0 Å². The van der Waals surface area contributed by atoms with E-state index in [-0.39, 0.29) is 5.82 Å². The van der Waals surface area contributed by atoms with Gasteiger partial charge in [0.2, 0.25) is 0 Å². The summed E-state index contributed by atoms with van der Waals surface area (Å²) in [5, 5.41) is 9.02.